The fourth-order valence-electron chi connectivity index (χ4n) is 2.33. The van der Waals surface area contributed by atoms with Crippen LogP contribution in [-0.2, 0) is 10.0 Å². The first-order chi connectivity index (χ1) is 11.4. The molecule has 2 N–H and O–H groups in total. The van der Waals surface area contributed by atoms with Gasteiger partial charge in [-0.2, -0.15) is 0 Å². The van der Waals surface area contributed by atoms with E-state index in [0.717, 1.165) is 0 Å². The minimum absolute atomic E-state index is 0.0950. The van der Waals surface area contributed by atoms with Gasteiger partial charge in [0.1, 0.15) is 6.26 Å². The number of sulfonamides is 1. The summed E-state index contributed by atoms with van der Waals surface area (Å²) in [5.74, 6) is -0.554. The van der Waals surface area contributed by atoms with Crippen LogP contribution in [0.5, 0.6) is 0 Å². The van der Waals surface area contributed by atoms with Crippen LogP contribution in [0.1, 0.15) is 12.1 Å². The fraction of sp³-hybridized carbons (Fsp3) is 0.0625. The van der Waals surface area contributed by atoms with Crippen LogP contribution in [0, 0.1) is 0 Å². The average molecular weight is 365 g/mol. The van der Waals surface area contributed by atoms with Gasteiger partial charge in [-0.05, 0) is 30.3 Å². The molecule has 1 aliphatic carbocycles. The van der Waals surface area contributed by atoms with E-state index in [9.17, 15) is 13.2 Å². The first-order valence-electron chi connectivity index (χ1n) is 6.93. The highest BCUT2D eigenvalue weighted by Crippen LogP contribution is 2.24. The van der Waals surface area contributed by atoms with Crippen molar-refractivity contribution in [2.24, 2.45) is 5.14 Å². The second-order valence-electron chi connectivity index (χ2n) is 5.11. The van der Waals surface area contributed by atoms with Crippen LogP contribution in [0.3, 0.4) is 0 Å². The Kier molecular flexibility index (Phi) is 4.31. The molecule has 0 bridgehead atoms. The minimum atomic E-state index is -3.76. The molecule has 0 saturated carbocycles. The molecule has 24 heavy (non-hydrogen) atoms. The van der Waals surface area contributed by atoms with Gasteiger partial charge in [0.05, 0.1) is 16.3 Å². The number of nitrogens with zero attached hydrogens (tertiary/aromatic N) is 1. The van der Waals surface area contributed by atoms with Crippen LogP contribution < -0.4 is 10.9 Å². The van der Waals surface area contributed by atoms with Crippen molar-refractivity contribution in [3.63, 3.8) is 0 Å². The molecule has 1 aliphatic rings. The van der Waals surface area contributed by atoms with Crippen LogP contribution in [-0.4, -0.2) is 13.0 Å². The molecule has 0 aliphatic heterocycles. The van der Waals surface area contributed by atoms with E-state index in [0.29, 0.717) is 22.0 Å². The maximum Gasteiger partial charge on any atom is 0.424 e. The van der Waals surface area contributed by atoms with Crippen molar-refractivity contribution in [2.45, 2.75) is 6.42 Å². The second-order valence-corrected chi connectivity index (χ2v) is 7.16. The quantitative estimate of drug-likeness (QED) is 0.905. The molecule has 0 fully saturated rings. The smallest absolute Gasteiger partial charge is 0.415 e. The van der Waals surface area contributed by atoms with E-state index in [1.807, 2.05) is 0 Å². The SMILES string of the molecule is NS(=O)(=O)C1=CC=C(c2coc(=O)n2-c2ccc(Cl)cc2)C=CC1. The summed E-state index contributed by atoms with van der Waals surface area (Å²) in [7, 11) is -3.76. The molecule has 1 aromatic carbocycles. The number of nitrogens with two attached hydrogens (primary N) is 1. The largest absolute Gasteiger partial charge is 0.424 e. The van der Waals surface area contributed by atoms with E-state index >= 15 is 0 Å². The Hall–Kier alpha value is -2.35. The predicted molar refractivity (Wildman–Crippen MR) is 92.2 cm³/mol. The zero-order valence-electron chi connectivity index (χ0n) is 12.3. The first-order valence-corrected chi connectivity index (χ1v) is 8.86. The van der Waals surface area contributed by atoms with Gasteiger partial charge < -0.3 is 4.42 Å². The van der Waals surface area contributed by atoms with Crippen LogP contribution in [0.2, 0.25) is 5.02 Å². The highest BCUT2D eigenvalue weighted by molar-refractivity contribution is 7.93. The number of hydrogen-bond donors (Lipinski definition) is 1. The van der Waals surface area contributed by atoms with Crippen molar-refractivity contribution < 1.29 is 12.8 Å². The Morgan fingerprint density at radius 3 is 2.54 bits per heavy atom. The summed E-state index contributed by atoms with van der Waals surface area (Å²) in [4.78, 5) is 12.2. The molecule has 1 heterocycles. The van der Waals surface area contributed by atoms with Gasteiger partial charge in [0.25, 0.3) is 0 Å². The number of primary sulfonamides is 1. The van der Waals surface area contributed by atoms with Crippen LogP contribution >= 0.6 is 11.6 Å². The summed E-state index contributed by atoms with van der Waals surface area (Å²) in [6.07, 6.45) is 7.89. The molecule has 1 aromatic heterocycles. The van der Waals surface area contributed by atoms with E-state index in [2.05, 4.69) is 0 Å². The van der Waals surface area contributed by atoms with Crippen LogP contribution in [0.15, 0.2) is 68.9 Å². The van der Waals surface area contributed by atoms with E-state index in [1.54, 1.807) is 42.5 Å². The van der Waals surface area contributed by atoms with Gasteiger partial charge >= 0.3 is 5.76 Å². The van der Waals surface area contributed by atoms with E-state index in [-0.39, 0.29) is 11.3 Å². The lowest BCUT2D eigenvalue weighted by molar-refractivity contribution is 0.504. The number of hydrogen-bond acceptors (Lipinski definition) is 4. The number of allylic oxidation sites excluding steroid dienone is 6. The monoisotopic (exact) mass is 364 g/mol. The topological polar surface area (TPSA) is 95.3 Å². The van der Waals surface area contributed by atoms with Crippen LogP contribution in [0.25, 0.3) is 11.3 Å². The Bertz CT molecular complexity index is 1020. The van der Waals surface area contributed by atoms with Gasteiger partial charge in [-0.3, -0.25) is 0 Å². The molecule has 0 radical (unpaired) electrons. The van der Waals surface area contributed by atoms with Gasteiger partial charge in [0.15, 0.2) is 0 Å². The molecule has 0 amide bonds. The van der Waals surface area contributed by atoms with Crippen molar-refractivity contribution in [1.82, 2.24) is 4.57 Å². The van der Waals surface area contributed by atoms with Crippen molar-refractivity contribution in [3.8, 4) is 5.69 Å². The van der Waals surface area contributed by atoms with Crippen LogP contribution in [0.4, 0.5) is 0 Å². The molecule has 124 valence electrons. The Balaban J connectivity index is 2.12. The zero-order valence-corrected chi connectivity index (χ0v) is 13.9. The molecule has 2 aromatic rings. The van der Waals surface area contributed by atoms with E-state index < -0.39 is 15.8 Å². The van der Waals surface area contributed by atoms with Gasteiger partial charge in [0, 0.05) is 17.0 Å². The third-order valence-electron chi connectivity index (χ3n) is 3.51. The van der Waals surface area contributed by atoms with Gasteiger partial charge in [-0.15, -0.1) is 0 Å². The zero-order chi connectivity index (χ0) is 17.3. The summed E-state index contributed by atoms with van der Waals surface area (Å²) < 4.78 is 29.3. The minimum Gasteiger partial charge on any atom is -0.415 e. The molecule has 6 nitrogen and oxygen atoms in total. The standard InChI is InChI=1S/C16H13ClN2O4S/c17-12-5-7-13(8-6-12)19-15(10-23-16(19)20)11-2-1-3-14(9-4-11)24(18,21)22/h1-2,4-10H,3H2,(H2,18,21,22). The number of oxazole rings is 1. The lowest BCUT2D eigenvalue weighted by Crippen LogP contribution is -2.14. The Morgan fingerprint density at radius 1 is 1.17 bits per heavy atom. The summed E-state index contributed by atoms with van der Waals surface area (Å²) >= 11 is 5.87. The van der Waals surface area contributed by atoms with Gasteiger partial charge in [-0.1, -0.05) is 29.8 Å². The normalized spacial score (nSPS) is 14.9. The van der Waals surface area contributed by atoms with E-state index in [4.69, 9.17) is 21.2 Å². The molecule has 8 heteroatoms. The summed E-state index contributed by atoms with van der Waals surface area (Å²) in [5.41, 5.74) is 1.70. The summed E-state index contributed by atoms with van der Waals surface area (Å²) in [6.45, 7) is 0. The lowest BCUT2D eigenvalue weighted by atomic mass is 10.1. The van der Waals surface area contributed by atoms with Crippen molar-refractivity contribution in [3.05, 3.63) is 81.0 Å². The van der Waals surface area contributed by atoms with Crippen molar-refractivity contribution >= 4 is 27.2 Å². The highest BCUT2D eigenvalue weighted by Gasteiger charge is 2.16. The van der Waals surface area contributed by atoms with Crippen molar-refractivity contribution in [1.29, 1.82) is 0 Å². The Labute approximate surface area is 143 Å². The molecule has 0 atom stereocenters. The molecule has 0 saturated heterocycles. The second kappa shape index (κ2) is 6.27. The number of aromatic nitrogens is 1. The summed E-state index contributed by atoms with van der Waals surface area (Å²) in [6, 6.07) is 6.71. The third-order valence-corrected chi connectivity index (χ3v) is 4.79. The number of halogens is 1. The molecule has 0 spiro atoms. The first kappa shape index (κ1) is 16.5. The van der Waals surface area contributed by atoms with E-state index in [1.165, 1.54) is 16.9 Å². The molecule has 3 rings (SSSR count). The third kappa shape index (κ3) is 3.28. The molecule has 0 unspecified atom stereocenters. The highest BCUT2D eigenvalue weighted by atomic mass is 35.5. The predicted octanol–water partition coefficient (Wildman–Crippen LogP) is 2.60. The Morgan fingerprint density at radius 2 is 1.88 bits per heavy atom. The maximum atomic E-state index is 12.1. The number of rotatable bonds is 3. The molecular formula is C16H13ClN2O4S. The maximum absolute atomic E-state index is 12.1. The number of benzene rings is 1. The fourth-order valence-corrected chi connectivity index (χ4v) is 3.04. The molecular weight excluding hydrogens is 352 g/mol. The average Bonchev–Trinajstić information content (AvgIpc) is 2.74. The van der Waals surface area contributed by atoms with Crippen molar-refractivity contribution in [2.75, 3.05) is 0 Å². The lowest BCUT2D eigenvalue weighted by Gasteiger charge is -2.06. The van der Waals surface area contributed by atoms with Gasteiger partial charge in [-0.25, -0.2) is 22.9 Å². The van der Waals surface area contributed by atoms with Gasteiger partial charge in [0.2, 0.25) is 10.0 Å². The summed E-state index contributed by atoms with van der Waals surface area (Å²) in [5, 5.41) is 5.70.